The van der Waals surface area contributed by atoms with E-state index < -0.39 is 81.1 Å². The molecule has 0 aromatic heterocycles. The monoisotopic (exact) mass is 561 g/mol. The van der Waals surface area contributed by atoms with E-state index in [-0.39, 0.29) is 10.6 Å². The Labute approximate surface area is 218 Å². The second kappa shape index (κ2) is 13.1. The topological polar surface area (TPSA) is 161 Å². The average Bonchev–Trinajstić information content (AvgIpc) is 3.11. The van der Waals surface area contributed by atoms with Crippen LogP contribution in [0, 0.1) is 6.92 Å². The highest BCUT2D eigenvalue weighted by molar-refractivity contribution is 8.00. The van der Waals surface area contributed by atoms with Crippen LogP contribution in [0.25, 0.3) is 0 Å². The first-order chi connectivity index (χ1) is 17.2. The normalized spacial score (nSPS) is 23.1. The molecule has 0 radical (unpaired) electrons. The van der Waals surface area contributed by atoms with Gasteiger partial charge in [0.2, 0.25) is 0 Å². The molecule has 6 atom stereocenters. The summed E-state index contributed by atoms with van der Waals surface area (Å²) >= 11 is 0. The van der Waals surface area contributed by atoms with Gasteiger partial charge in [-0.2, -0.15) is 8.42 Å². The van der Waals surface area contributed by atoms with Crippen LogP contribution in [0.4, 0.5) is 0 Å². The number of esters is 4. The predicted octanol–water partition coefficient (Wildman–Crippen LogP) is 1.59. The van der Waals surface area contributed by atoms with Gasteiger partial charge >= 0.3 is 23.9 Å². The summed E-state index contributed by atoms with van der Waals surface area (Å²) in [5, 5.41) is 0. The Balaban J connectivity index is 2.58. The van der Waals surface area contributed by atoms with Gasteiger partial charge in [-0.3, -0.25) is 19.2 Å². The summed E-state index contributed by atoms with van der Waals surface area (Å²) in [6, 6.07) is 6.10. The van der Waals surface area contributed by atoms with Crippen molar-refractivity contribution in [3.63, 3.8) is 0 Å². The van der Waals surface area contributed by atoms with Crippen LogP contribution in [0.3, 0.4) is 0 Å². The molecule has 0 N–H and O–H groups in total. The standard InChI is InChI=1S/C23H31NO11S2/c1-7-36(24-37(29,30)18-10-8-13(2)9-11-18)23-22(34-17(6)28)21(33-16(5)27)20(35-23)19(32-15(4)26)12-31-14(3)25/h8-11,19-23H,7,12H2,1-6H3/t19-,20+,21+,22-,23+,36?/m1/s1. The molecule has 1 heterocycles. The number of carbonyl (C=O) groups is 4. The molecule has 37 heavy (non-hydrogen) atoms. The van der Waals surface area contributed by atoms with Crippen molar-refractivity contribution in [2.24, 2.45) is 3.77 Å². The van der Waals surface area contributed by atoms with Gasteiger partial charge in [-0.25, -0.2) is 0 Å². The van der Waals surface area contributed by atoms with Crippen molar-refractivity contribution < 1.29 is 51.3 Å². The maximum Gasteiger partial charge on any atom is 0.303 e. The molecule has 1 aliphatic heterocycles. The van der Waals surface area contributed by atoms with Crippen LogP contribution in [0.5, 0.6) is 0 Å². The number of hydrogen-bond acceptors (Lipinski definition) is 11. The predicted molar refractivity (Wildman–Crippen MR) is 131 cm³/mol. The van der Waals surface area contributed by atoms with Crippen molar-refractivity contribution in [2.45, 2.75) is 76.3 Å². The molecular weight excluding hydrogens is 530 g/mol. The van der Waals surface area contributed by atoms with Crippen molar-refractivity contribution in [1.82, 2.24) is 0 Å². The maximum absolute atomic E-state index is 13.1. The van der Waals surface area contributed by atoms with Gasteiger partial charge in [0.1, 0.15) is 12.7 Å². The summed E-state index contributed by atoms with van der Waals surface area (Å²) in [5.74, 6) is -2.75. The Morgan fingerprint density at radius 2 is 1.51 bits per heavy atom. The molecule has 0 saturated carbocycles. The largest absolute Gasteiger partial charge is 0.462 e. The van der Waals surface area contributed by atoms with E-state index in [2.05, 4.69) is 3.77 Å². The zero-order valence-corrected chi connectivity index (χ0v) is 23.0. The van der Waals surface area contributed by atoms with Crippen LogP contribution in [-0.4, -0.2) is 74.5 Å². The molecule has 1 aromatic rings. The molecule has 12 nitrogen and oxygen atoms in total. The SMILES string of the molecule is CC/S(=N\S(=O)(=O)c1ccc(C)cc1)[C@@H]1O[C@@H]([C@@H](COC(C)=O)OC(C)=O)[C@H](OC(C)=O)[C@H]1OC(C)=O. The van der Waals surface area contributed by atoms with Gasteiger partial charge in [-0.1, -0.05) is 24.6 Å². The van der Waals surface area contributed by atoms with Gasteiger partial charge < -0.3 is 23.7 Å². The van der Waals surface area contributed by atoms with Crippen molar-refractivity contribution >= 4 is 44.6 Å². The van der Waals surface area contributed by atoms with E-state index in [9.17, 15) is 27.6 Å². The van der Waals surface area contributed by atoms with Crippen molar-refractivity contribution in [3.8, 4) is 0 Å². The van der Waals surface area contributed by atoms with Crippen molar-refractivity contribution in [1.29, 1.82) is 0 Å². The summed E-state index contributed by atoms with van der Waals surface area (Å²) in [4.78, 5) is 47.1. The van der Waals surface area contributed by atoms with Gasteiger partial charge in [0, 0.05) is 33.4 Å². The van der Waals surface area contributed by atoms with Crippen LogP contribution in [-0.2, 0) is 63.6 Å². The van der Waals surface area contributed by atoms with Crippen LogP contribution >= 0.6 is 0 Å². The summed E-state index contributed by atoms with van der Waals surface area (Å²) in [6.07, 6.45) is -5.13. The maximum atomic E-state index is 13.1. The Hall–Kier alpha value is -2.84. The third-order valence-corrected chi connectivity index (χ3v) is 8.95. The molecule has 0 spiro atoms. The number of hydrogen-bond donors (Lipinski definition) is 0. The Morgan fingerprint density at radius 1 is 0.946 bits per heavy atom. The first-order valence-electron chi connectivity index (χ1n) is 11.3. The van der Waals surface area contributed by atoms with Gasteiger partial charge in [-0.05, 0) is 29.7 Å². The number of nitrogens with zero attached hydrogens (tertiary/aromatic N) is 1. The number of carbonyl (C=O) groups excluding carboxylic acids is 4. The molecule has 0 aliphatic carbocycles. The highest BCUT2D eigenvalue weighted by Gasteiger charge is 2.54. The molecule has 1 fully saturated rings. The fourth-order valence-corrected chi connectivity index (χ4v) is 7.26. The molecule has 0 bridgehead atoms. The average molecular weight is 562 g/mol. The van der Waals surface area contributed by atoms with Crippen LogP contribution in [0.1, 0.15) is 40.2 Å². The minimum atomic E-state index is -4.14. The van der Waals surface area contributed by atoms with Gasteiger partial charge in [0.15, 0.2) is 23.7 Å². The summed E-state index contributed by atoms with van der Waals surface area (Å²) in [6.45, 7) is 7.55. The fourth-order valence-electron chi connectivity index (χ4n) is 3.56. The minimum absolute atomic E-state index is 0.0354. The van der Waals surface area contributed by atoms with Crippen LogP contribution in [0.2, 0.25) is 0 Å². The second-order valence-corrected chi connectivity index (χ2v) is 12.0. The fraction of sp³-hybridized carbons (Fsp3) is 0.565. The number of benzene rings is 1. The summed E-state index contributed by atoms with van der Waals surface area (Å²) < 4.78 is 57.3. The van der Waals surface area contributed by atoms with E-state index in [0.29, 0.717) is 0 Å². The summed E-state index contributed by atoms with van der Waals surface area (Å²) in [7, 11) is -5.57. The molecule has 1 aromatic carbocycles. The van der Waals surface area contributed by atoms with Gasteiger partial charge in [0.25, 0.3) is 10.0 Å². The summed E-state index contributed by atoms with van der Waals surface area (Å²) in [5.41, 5.74) is -0.322. The molecule has 206 valence electrons. The van der Waals surface area contributed by atoms with Gasteiger partial charge in [-0.15, -0.1) is 3.77 Å². The smallest absolute Gasteiger partial charge is 0.303 e. The zero-order chi connectivity index (χ0) is 27.9. The molecule has 1 saturated heterocycles. The van der Waals surface area contributed by atoms with Crippen molar-refractivity contribution in [2.75, 3.05) is 12.4 Å². The van der Waals surface area contributed by atoms with Crippen LogP contribution in [0.15, 0.2) is 32.9 Å². The quantitative estimate of drug-likeness (QED) is 0.301. The Kier molecular flexibility index (Phi) is 10.8. The molecule has 14 heteroatoms. The lowest BCUT2D eigenvalue weighted by Gasteiger charge is -2.27. The molecule has 2 rings (SSSR count). The number of sulfonamides is 1. The molecular formula is C23H31NO11S2. The van der Waals surface area contributed by atoms with E-state index in [0.717, 1.165) is 33.3 Å². The lowest BCUT2D eigenvalue weighted by atomic mass is 10.1. The Morgan fingerprint density at radius 3 is 2.00 bits per heavy atom. The lowest BCUT2D eigenvalue weighted by molar-refractivity contribution is -0.176. The van der Waals surface area contributed by atoms with E-state index >= 15 is 0 Å². The van der Waals surface area contributed by atoms with E-state index in [4.69, 9.17) is 23.7 Å². The highest BCUT2D eigenvalue weighted by atomic mass is 32.3. The molecule has 0 amide bonds. The highest BCUT2D eigenvalue weighted by Crippen LogP contribution is 2.34. The second-order valence-electron chi connectivity index (χ2n) is 8.12. The number of aryl methyl sites for hydroxylation is 1. The number of rotatable bonds is 10. The Bertz CT molecular complexity index is 1150. The first kappa shape index (κ1) is 30.4. The van der Waals surface area contributed by atoms with Crippen molar-refractivity contribution in [3.05, 3.63) is 29.8 Å². The van der Waals surface area contributed by atoms with Crippen LogP contribution < -0.4 is 0 Å². The van der Waals surface area contributed by atoms with E-state index in [1.165, 1.54) is 12.1 Å². The zero-order valence-electron chi connectivity index (χ0n) is 21.4. The minimum Gasteiger partial charge on any atom is -0.462 e. The number of ether oxygens (including phenoxy) is 5. The lowest BCUT2D eigenvalue weighted by Crippen LogP contribution is -2.47. The third-order valence-electron chi connectivity index (χ3n) is 5.02. The van der Waals surface area contributed by atoms with E-state index in [1.54, 1.807) is 19.1 Å². The third kappa shape index (κ3) is 8.61. The first-order valence-corrected chi connectivity index (χ1v) is 14.2. The molecule has 1 aliphatic rings. The van der Waals surface area contributed by atoms with Gasteiger partial charge in [0.05, 0.1) is 4.90 Å². The molecule has 1 unspecified atom stereocenters. The van der Waals surface area contributed by atoms with E-state index in [1.807, 2.05) is 6.92 Å².